The number of imidazole rings is 1. The maximum Gasteiger partial charge on any atom is 0.250 e. The third kappa shape index (κ3) is 3.73. The Labute approximate surface area is 205 Å². The molecule has 5 nitrogen and oxygen atoms in total. The SMILES string of the molecule is Cc1cc(N2CC[NH+](C(c3ccccc3)c3ccccc3)CC2)[n+]2c([nH]c3ccccc32)c1C#N. The van der Waals surface area contributed by atoms with Gasteiger partial charge in [-0.05, 0) is 24.6 Å². The lowest BCUT2D eigenvalue weighted by Crippen LogP contribution is -3.15. The van der Waals surface area contributed by atoms with Gasteiger partial charge in [0.1, 0.15) is 54.9 Å². The van der Waals surface area contributed by atoms with Crippen molar-refractivity contribution in [2.24, 2.45) is 0 Å². The van der Waals surface area contributed by atoms with Crippen LogP contribution >= 0.6 is 0 Å². The molecule has 35 heavy (non-hydrogen) atoms. The average molecular weight is 460 g/mol. The fourth-order valence-corrected chi connectivity index (χ4v) is 5.65. The molecule has 6 rings (SSSR count). The first-order valence-corrected chi connectivity index (χ1v) is 12.3. The maximum absolute atomic E-state index is 9.85. The molecule has 0 bridgehead atoms. The molecule has 5 aromatic rings. The highest BCUT2D eigenvalue weighted by Gasteiger charge is 2.34. The summed E-state index contributed by atoms with van der Waals surface area (Å²) in [6.07, 6.45) is 0. The van der Waals surface area contributed by atoms with Crippen LogP contribution in [-0.2, 0) is 0 Å². The van der Waals surface area contributed by atoms with Crippen molar-refractivity contribution in [2.45, 2.75) is 13.0 Å². The summed E-state index contributed by atoms with van der Waals surface area (Å²) in [5, 5.41) is 9.85. The minimum absolute atomic E-state index is 0.322. The van der Waals surface area contributed by atoms with Crippen molar-refractivity contribution in [3.63, 3.8) is 0 Å². The number of hydrogen-bond donors (Lipinski definition) is 2. The first-order chi connectivity index (χ1) is 17.2. The van der Waals surface area contributed by atoms with Gasteiger partial charge in [-0.15, -0.1) is 0 Å². The highest BCUT2D eigenvalue weighted by atomic mass is 15.3. The number of rotatable bonds is 4. The van der Waals surface area contributed by atoms with Crippen molar-refractivity contribution in [1.82, 2.24) is 4.98 Å². The molecule has 0 amide bonds. The zero-order chi connectivity index (χ0) is 23.8. The van der Waals surface area contributed by atoms with Gasteiger partial charge in [-0.1, -0.05) is 72.8 Å². The molecule has 1 fully saturated rings. The molecule has 1 aliphatic heterocycles. The first kappa shape index (κ1) is 21.4. The molecule has 0 atom stereocenters. The number of hydrogen-bond acceptors (Lipinski definition) is 2. The molecule has 1 saturated heterocycles. The van der Waals surface area contributed by atoms with Gasteiger partial charge in [-0.2, -0.15) is 9.66 Å². The number of quaternary nitrogens is 1. The van der Waals surface area contributed by atoms with Crippen LogP contribution in [-0.4, -0.2) is 31.2 Å². The van der Waals surface area contributed by atoms with Crippen molar-refractivity contribution in [1.29, 1.82) is 5.26 Å². The average Bonchev–Trinajstić information content (AvgIpc) is 3.29. The standard InChI is InChI=1S/C30H27N5/c1-22-20-28(35-27-15-9-8-14-26(27)32-30(35)25(22)21-31)33-16-18-34(19-17-33)29(23-10-4-2-5-11-23)24-12-6-3-7-13-24/h2-15,20,29H,16-19H2,1H3/p+2. The third-order valence-corrected chi connectivity index (χ3v) is 7.34. The predicted molar refractivity (Wildman–Crippen MR) is 139 cm³/mol. The molecule has 2 N–H and O–H groups in total. The molecular formula is C30H29N5+2. The number of pyridine rings is 1. The lowest BCUT2D eigenvalue weighted by atomic mass is 9.96. The zero-order valence-electron chi connectivity index (χ0n) is 19.9. The molecule has 0 saturated carbocycles. The second kappa shape index (κ2) is 8.90. The Balaban J connectivity index is 1.36. The van der Waals surface area contributed by atoms with Crippen molar-refractivity contribution >= 4 is 22.5 Å². The van der Waals surface area contributed by atoms with Crippen molar-refractivity contribution in [3.8, 4) is 6.07 Å². The monoisotopic (exact) mass is 459 g/mol. The van der Waals surface area contributed by atoms with Gasteiger partial charge in [-0.3, -0.25) is 9.88 Å². The molecule has 3 heterocycles. The summed E-state index contributed by atoms with van der Waals surface area (Å²) in [5.41, 5.74) is 7.49. The van der Waals surface area contributed by atoms with E-state index in [1.165, 1.54) is 11.1 Å². The maximum atomic E-state index is 9.85. The number of nitrogens with one attached hydrogen (secondary N) is 2. The Morgan fingerprint density at radius 3 is 2.11 bits per heavy atom. The van der Waals surface area contributed by atoms with Gasteiger partial charge in [0, 0.05) is 17.2 Å². The van der Waals surface area contributed by atoms with Gasteiger partial charge in [0.25, 0.3) is 0 Å². The van der Waals surface area contributed by atoms with E-state index in [-0.39, 0.29) is 0 Å². The molecule has 0 radical (unpaired) electrons. The Morgan fingerprint density at radius 2 is 1.49 bits per heavy atom. The summed E-state index contributed by atoms with van der Waals surface area (Å²) < 4.78 is 2.23. The van der Waals surface area contributed by atoms with Crippen LogP contribution in [0.3, 0.4) is 0 Å². The number of aryl methyl sites for hydroxylation is 1. The van der Waals surface area contributed by atoms with E-state index >= 15 is 0 Å². The van der Waals surface area contributed by atoms with Crippen LogP contribution in [0.1, 0.15) is 28.3 Å². The predicted octanol–water partition coefficient (Wildman–Crippen LogP) is 3.58. The molecule has 3 aromatic carbocycles. The van der Waals surface area contributed by atoms with E-state index in [9.17, 15) is 5.26 Å². The summed E-state index contributed by atoms with van der Waals surface area (Å²) in [5.74, 6) is 1.16. The number of fused-ring (bicyclic) bond motifs is 3. The zero-order valence-corrected chi connectivity index (χ0v) is 19.9. The lowest BCUT2D eigenvalue weighted by Gasteiger charge is -2.35. The largest absolute Gasteiger partial charge is 0.320 e. The topological polar surface area (TPSA) is 51.4 Å². The first-order valence-electron chi connectivity index (χ1n) is 12.3. The molecule has 0 aliphatic carbocycles. The number of nitriles is 1. The van der Waals surface area contributed by atoms with Crippen LogP contribution < -0.4 is 14.2 Å². The molecule has 1 aliphatic rings. The summed E-state index contributed by atoms with van der Waals surface area (Å²) in [6.45, 7) is 6.03. The number of nitrogens with zero attached hydrogens (tertiary/aromatic N) is 3. The number of benzene rings is 3. The number of piperazine rings is 1. The quantitative estimate of drug-likeness (QED) is 0.404. The van der Waals surface area contributed by atoms with E-state index in [0.29, 0.717) is 11.6 Å². The second-order valence-electron chi connectivity index (χ2n) is 9.40. The number of aromatic nitrogens is 2. The summed E-state index contributed by atoms with van der Waals surface area (Å²) in [7, 11) is 0. The highest BCUT2D eigenvalue weighted by Crippen LogP contribution is 2.23. The van der Waals surface area contributed by atoms with E-state index in [0.717, 1.165) is 54.2 Å². The Kier molecular flexibility index (Phi) is 5.44. The van der Waals surface area contributed by atoms with E-state index in [2.05, 4.69) is 105 Å². The van der Waals surface area contributed by atoms with Crippen LogP contribution in [0.2, 0.25) is 0 Å². The van der Waals surface area contributed by atoms with Crippen LogP contribution in [0.4, 0.5) is 5.82 Å². The third-order valence-electron chi connectivity index (χ3n) is 7.34. The number of aromatic amines is 1. The van der Waals surface area contributed by atoms with E-state index < -0.39 is 0 Å². The number of anilines is 1. The van der Waals surface area contributed by atoms with Gasteiger partial charge in [0.05, 0.1) is 0 Å². The second-order valence-corrected chi connectivity index (χ2v) is 9.40. The molecule has 172 valence electrons. The Morgan fingerprint density at radius 1 is 0.886 bits per heavy atom. The molecule has 5 heteroatoms. The van der Waals surface area contributed by atoms with Gasteiger partial charge in [-0.25, -0.2) is 0 Å². The lowest BCUT2D eigenvalue weighted by molar-refractivity contribution is -0.926. The fraction of sp³-hybridized carbons (Fsp3) is 0.200. The van der Waals surface area contributed by atoms with E-state index in [1.807, 2.05) is 13.0 Å². The van der Waals surface area contributed by atoms with E-state index in [4.69, 9.17) is 0 Å². The fourth-order valence-electron chi connectivity index (χ4n) is 5.65. The normalized spacial score (nSPS) is 14.6. The van der Waals surface area contributed by atoms with Crippen molar-refractivity contribution in [3.05, 3.63) is 113 Å². The van der Waals surface area contributed by atoms with Crippen LogP contribution in [0, 0.1) is 18.3 Å². The molecule has 2 aromatic heterocycles. The summed E-state index contributed by atoms with van der Waals surface area (Å²) in [4.78, 5) is 7.57. The van der Waals surface area contributed by atoms with Crippen LogP contribution in [0.15, 0.2) is 91.0 Å². The number of H-pyrrole nitrogens is 1. The summed E-state index contributed by atoms with van der Waals surface area (Å²) >= 11 is 0. The molecule has 0 spiro atoms. The van der Waals surface area contributed by atoms with Gasteiger partial charge >= 0.3 is 0 Å². The van der Waals surface area contributed by atoms with Gasteiger partial charge < -0.3 is 4.90 Å². The molecular weight excluding hydrogens is 430 g/mol. The van der Waals surface area contributed by atoms with Gasteiger partial charge in [0.15, 0.2) is 0 Å². The smallest absolute Gasteiger partial charge is 0.250 e. The van der Waals surface area contributed by atoms with Crippen molar-refractivity contribution in [2.75, 3.05) is 31.1 Å². The highest BCUT2D eigenvalue weighted by molar-refractivity contribution is 5.77. The molecule has 0 unspecified atom stereocenters. The summed E-state index contributed by atoms with van der Waals surface area (Å²) in [6, 6.07) is 35.0. The Hall–Kier alpha value is -4.14. The Bertz CT molecular complexity index is 1480. The number of para-hydroxylation sites is 2. The van der Waals surface area contributed by atoms with E-state index in [1.54, 1.807) is 4.90 Å². The van der Waals surface area contributed by atoms with Crippen LogP contribution in [0.5, 0.6) is 0 Å². The van der Waals surface area contributed by atoms with Gasteiger partial charge in [0.2, 0.25) is 11.5 Å². The van der Waals surface area contributed by atoms with Crippen LogP contribution in [0.25, 0.3) is 16.7 Å². The van der Waals surface area contributed by atoms with Crippen molar-refractivity contribution < 1.29 is 9.30 Å². The minimum atomic E-state index is 0.322. The minimum Gasteiger partial charge on any atom is -0.320 e.